The summed E-state index contributed by atoms with van der Waals surface area (Å²) in [5.74, 6) is 0. The molecule has 0 spiro atoms. The van der Waals surface area contributed by atoms with Gasteiger partial charge in [0.25, 0.3) is 0 Å². The van der Waals surface area contributed by atoms with Crippen LogP contribution < -0.4 is 5.32 Å². The second-order valence-corrected chi connectivity index (χ2v) is 3.69. The predicted octanol–water partition coefficient (Wildman–Crippen LogP) is 1.46. The quantitative estimate of drug-likeness (QED) is 0.515. The molecule has 3 nitrogen and oxygen atoms in total. The highest BCUT2D eigenvalue weighted by atomic mass is 16.6. The van der Waals surface area contributed by atoms with E-state index in [0.29, 0.717) is 6.04 Å². The Morgan fingerprint density at radius 1 is 1.54 bits per heavy atom. The molecular formula is C10H16N2O. The molecular weight excluding hydrogens is 164 g/mol. The Labute approximate surface area is 78.8 Å². The molecule has 2 heterocycles. The predicted molar refractivity (Wildman–Crippen MR) is 52.8 cm³/mol. The fraction of sp³-hybridized carbons (Fsp3) is 0.700. The highest BCUT2D eigenvalue weighted by molar-refractivity contribution is 5.80. The van der Waals surface area contributed by atoms with Crippen LogP contribution in [0.5, 0.6) is 0 Å². The third-order valence-corrected chi connectivity index (χ3v) is 2.85. The van der Waals surface area contributed by atoms with E-state index < -0.39 is 0 Å². The normalized spacial score (nSPS) is 33.2. The van der Waals surface area contributed by atoms with Crippen molar-refractivity contribution in [2.45, 2.75) is 37.8 Å². The molecule has 13 heavy (non-hydrogen) atoms. The van der Waals surface area contributed by atoms with Gasteiger partial charge in [-0.15, -0.1) is 0 Å². The highest BCUT2D eigenvalue weighted by Crippen LogP contribution is 2.24. The van der Waals surface area contributed by atoms with Crippen molar-refractivity contribution in [1.29, 1.82) is 0 Å². The van der Waals surface area contributed by atoms with Gasteiger partial charge in [-0.25, -0.2) is 0 Å². The van der Waals surface area contributed by atoms with E-state index in [1.54, 1.807) is 7.11 Å². The summed E-state index contributed by atoms with van der Waals surface area (Å²) in [6.07, 6.45) is 9.10. The number of oxime groups is 1. The zero-order valence-corrected chi connectivity index (χ0v) is 7.99. The summed E-state index contributed by atoms with van der Waals surface area (Å²) in [6, 6.07) is 1.25. The maximum atomic E-state index is 4.69. The highest BCUT2D eigenvalue weighted by Gasteiger charge is 2.27. The molecule has 0 aromatic heterocycles. The third kappa shape index (κ3) is 1.91. The Morgan fingerprint density at radius 2 is 2.46 bits per heavy atom. The lowest BCUT2D eigenvalue weighted by Crippen LogP contribution is -2.29. The first-order valence-corrected chi connectivity index (χ1v) is 4.93. The molecule has 72 valence electrons. The van der Waals surface area contributed by atoms with Gasteiger partial charge >= 0.3 is 0 Å². The summed E-state index contributed by atoms with van der Waals surface area (Å²) in [6.45, 7) is 0. The Bertz CT molecular complexity index is 235. The van der Waals surface area contributed by atoms with Gasteiger partial charge in [-0.3, -0.25) is 0 Å². The van der Waals surface area contributed by atoms with Crippen LogP contribution in [0.2, 0.25) is 0 Å². The Hall–Kier alpha value is -0.830. The fourth-order valence-electron chi connectivity index (χ4n) is 2.16. The molecule has 1 saturated heterocycles. The molecule has 1 fully saturated rings. The molecule has 0 radical (unpaired) electrons. The minimum Gasteiger partial charge on any atom is -0.399 e. The summed E-state index contributed by atoms with van der Waals surface area (Å²) in [5.41, 5.74) is 1.29. The van der Waals surface area contributed by atoms with Gasteiger partial charge < -0.3 is 10.2 Å². The Balaban J connectivity index is 2.07. The van der Waals surface area contributed by atoms with Crippen LogP contribution in [0.4, 0.5) is 0 Å². The molecule has 2 aliphatic rings. The molecule has 2 bridgehead atoms. The Morgan fingerprint density at radius 3 is 3.31 bits per heavy atom. The number of rotatable bonds is 2. The number of fused-ring (bicyclic) bond motifs is 2. The topological polar surface area (TPSA) is 33.6 Å². The van der Waals surface area contributed by atoms with Crippen LogP contribution in [0, 0.1) is 0 Å². The van der Waals surface area contributed by atoms with Crippen LogP contribution in [0.25, 0.3) is 0 Å². The third-order valence-electron chi connectivity index (χ3n) is 2.85. The van der Waals surface area contributed by atoms with Gasteiger partial charge in [0.15, 0.2) is 0 Å². The van der Waals surface area contributed by atoms with Crippen molar-refractivity contribution in [2.24, 2.45) is 5.16 Å². The average Bonchev–Trinajstić information content (AvgIpc) is 2.47. The number of nitrogens with zero attached hydrogens (tertiary/aromatic N) is 1. The molecule has 3 heteroatoms. The zero-order chi connectivity index (χ0) is 9.10. The van der Waals surface area contributed by atoms with Crippen LogP contribution in [0.15, 0.2) is 16.8 Å². The summed E-state index contributed by atoms with van der Waals surface area (Å²) in [7, 11) is 1.58. The molecule has 2 rings (SSSR count). The van der Waals surface area contributed by atoms with Crippen LogP contribution in [-0.2, 0) is 4.84 Å². The van der Waals surface area contributed by atoms with E-state index in [2.05, 4.69) is 16.5 Å². The molecule has 0 aromatic carbocycles. The van der Waals surface area contributed by atoms with Crippen LogP contribution in [0.1, 0.15) is 25.7 Å². The molecule has 1 N–H and O–H groups in total. The second kappa shape index (κ2) is 3.92. The smallest absolute Gasteiger partial charge is 0.106 e. The van der Waals surface area contributed by atoms with Crippen LogP contribution in [0.3, 0.4) is 0 Å². The SMILES string of the molecule is CO/N=C/C1=CCC[C@@H]2CC[C@H]1N2. The van der Waals surface area contributed by atoms with E-state index in [-0.39, 0.29) is 0 Å². The minimum atomic E-state index is 0.520. The fourth-order valence-corrected chi connectivity index (χ4v) is 2.16. The van der Waals surface area contributed by atoms with Gasteiger partial charge in [0.05, 0.1) is 6.21 Å². The van der Waals surface area contributed by atoms with Crippen LogP contribution in [-0.4, -0.2) is 25.4 Å². The van der Waals surface area contributed by atoms with Crippen molar-refractivity contribution in [3.05, 3.63) is 11.6 Å². The summed E-state index contributed by atoms with van der Waals surface area (Å²) >= 11 is 0. The lowest BCUT2D eigenvalue weighted by molar-refractivity contribution is 0.215. The Kier molecular flexibility index (Phi) is 2.64. The van der Waals surface area contributed by atoms with Crippen molar-refractivity contribution in [3.63, 3.8) is 0 Å². The standard InChI is InChI=1S/C10H16N2O/c1-13-11-7-8-3-2-4-9-5-6-10(8)12-9/h3,7,9-10,12H,2,4-6H2,1H3/b11-7+/t9-,10-/m1/s1. The first-order chi connectivity index (χ1) is 6.40. The first-order valence-electron chi connectivity index (χ1n) is 4.93. The van der Waals surface area contributed by atoms with Crippen molar-refractivity contribution >= 4 is 6.21 Å². The molecule has 0 aromatic rings. The summed E-state index contributed by atoms with van der Waals surface area (Å²) in [5, 5.41) is 7.42. The number of allylic oxidation sites excluding steroid dienone is 1. The van der Waals surface area contributed by atoms with E-state index in [1.807, 2.05) is 6.21 Å². The largest absolute Gasteiger partial charge is 0.399 e. The molecule has 0 unspecified atom stereocenters. The lowest BCUT2D eigenvalue weighted by Gasteiger charge is -2.10. The van der Waals surface area contributed by atoms with E-state index in [4.69, 9.17) is 4.84 Å². The van der Waals surface area contributed by atoms with Gasteiger partial charge in [-0.2, -0.15) is 0 Å². The minimum absolute atomic E-state index is 0.520. The van der Waals surface area contributed by atoms with Gasteiger partial charge in [0, 0.05) is 12.1 Å². The van der Waals surface area contributed by atoms with E-state index in [0.717, 1.165) is 6.04 Å². The van der Waals surface area contributed by atoms with Gasteiger partial charge in [-0.05, 0) is 31.3 Å². The molecule has 0 saturated carbocycles. The maximum absolute atomic E-state index is 4.69. The summed E-state index contributed by atoms with van der Waals surface area (Å²) in [4.78, 5) is 4.69. The second-order valence-electron chi connectivity index (χ2n) is 3.69. The van der Waals surface area contributed by atoms with Crippen molar-refractivity contribution in [2.75, 3.05) is 7.11 Å². The molecule has 0 amide bonds. The summed E-state index contributed by atoms with van der Waals surface area (Å²) < 4.78 is 0. The molecule has 2 aliphatic heterocycles. The van der Waals surface area contributed by atoms with Crippen LogP contribution >= 0.6 is 0 Å². The van der Waals surface area contributed by atoms with Crippen molar-refractivity contribution in [3.8, 4) is 0 Å². The zero-order valence-electron chi connectivity index (χ0n) is 7.99. The van der Waals surface area contributed by atoms with Gasteiger partial charge in [-0.1, -0.05) is 11.2 Å². The number of nitrogens with one attached hydrogen (secondary N) is 1. The monoisotopic (exact) mass is 180 g/mol. The van der Waals surface area contributed by atoms with Crippen molar-refractivity contribution in [1.82, 2.24) is 5.32 Å². The van der Waals surface area contributed by atoms with Gasteiger partial charge in [0.1, 0.15) is 7.11 Å². The average molecular weight is 180 g/mol. The van der Waals surface area contributed by atoms with E-state index in [9.17, 15) is 0 Å². The molecule has 0 aliphatic carbocycles. The number of hydrogen-bond acceptors (Lipinski definition) is 3. The first kappa shape index (κ1) is 8.75. The lowest BCUT2D eigenvalue weighted by atomic mass is 10.0. The number of hydrogen-bond donors (Lipinski definition) is 1. The van der Waals surface area contributed by atoms with Crippen molar-refractivity contribution < 1.29 is 4.84 Å². The van der Waals surface area contributed by atoms with Gasteiger partial charge in [0.2, 0.25) is 0 Å². The van der Waals surface area contributed by atoms with E-state index in [1.165, 1.54) is 31.3 Å². The maximum Gasteiger partial charge on any atom is 0.106 e. The molecule has 2 atom stereocenters. The van der Waals surface area contributed by atoms with E-state index >= 15 is 0 Å².